The van der Waals surface area contributed by atoms with Gasteiger partial charge in [-0.15, -0.1) is 0 Å². The summed E-state index contributed by atoms with van der Waals surface area (Å²) >= 11 is 0. The van der Waals surface area contributed by atoms with Gasteiger partial charge in [-0.05, 0) is 44.7 Å². The van der Waals surface area contributed by atoms with E-state index >= 15 is 0 Å². The zero-order chi connectivity index (χ0) is 15.1. The van der Waals surface area contributed by atoms with Gasteiger partial charge in [0.25, 0.3) is 0 Å². The van der Waals surface area contributed by atoms with Gasteiger partial charge in [-0.25, -0.2) is 0 Å². The first-order chi connectivity index (χ1) is 10.2. The molecule has 0 aromatic carbocycles. The highest BCUT2D eigenvalue weighted by molar-refractivity contribution is 5.78. The number of oxime groups is 1. The molecule has 0 N–H and O–H groups in total. The second-order valence-corrected chi connectivity index (χ2v) is 6.68. The molecule has 1 fully saturated rings. The second kappa shape index (κ2) is 8.62. The van der Waals surface area contributed by atoms with Crippen molar-refractivity contribution in [3.8, 4) is 0 Å². The van der Waals surface area contributed by atoms with E-state index in [0.717, 1.165) is 25.3 Å². The summed E-state index contributed by atoms with van der Waals surface area (Å²) in [6.45, 7) is 10.8. The van der Waals surface area contributed by atoms with Gasteiger partial charge in [-0.2, -0.15) is 0 Å². The maximum absolute atomic E-state index is 6.17. The molecule has 3 unspecified atom stereocenters. The molecule has 2 heterocycles. The van der Waals surface area contributed by atoms with Crippen molar-refractivity contribution in [2.75, 3.05) is 26.2 Å². The van der Waals surface area contributed by atoms with Crippen molar-refractivity contribution in [1.29, 1.82) is 0 Å². The third-order valence-corrected chi connectivity index (χ3v) is 4.84. The standard InChI is InChI=1S/C17H32N2O2/c1-4-14(3)11-15(5-2)17-18-20-13-16(21-17)12-19-9-7-6-8-10-19/h14-16H,4-13H2,1-3H3. The predicted octanol–water partition coefficient (Wildman–Crippen LogP) is 3.66. The maximum atomic E-state index is 6.17. The quantitative estimate of drug-likeness (QED) is 0.719. The van der Waals surface area contributed by atoms with Crippen LogP contribution in [-0.2, 0) is 9.57 Å². The zero-order valence-corrected chi connectivity index (χ0v) is 14.0. The van der Waals surface area contributed by atoms with Crippen molar-refractivity contribution < 1.29 is 9.57 Å². The van der Waals surface area contributed by atoms with Crippen LogP contribution in [0.15, 0.2) is 5.16 Å². The number of rotatable bonds is 7. The summed E-state index contributed by atoms with van der Waals surface area (Å²) in [5.74, 6) is 1.96. The van der Waals surface area contributed by atoms with Crippen LogP contribution in [-0.4, -0.2) is 43.1 Å². The average molecular weight is 296 g/mol. The summed E-state index contributed by atoms with van der Waals surface area (Å²) in [6, 6.07) is 0. The van der Waals surface area contributed by atoms with Crippen LogP contribution in [0.3, 0.4) is 0 Å². The van der Waals surface area contributed by atoms with Crippen LogP contribution >= 0.6 is 0 Å². The second-order valence-electron chi connectivity index (χ2n) is 6.68. The van der Waals surface area contributed by atoms with Gasteiger partial charge >= 0.3 is 0 Å². The summed E-state index contributed by atoms with van der Waals surface area (Å²) in [4.78, 5) is 7.98. The first kappa shape index (κ1) is 16.6. The van der Waals surface area contributed by atoms with Crippen molar-refractivity contribution in [3.63, 3.8) is 0 Å². The van der Waals surface area contributed by atoms with Gasteiger partial charge in [0.15, 0.2) is 6.61 Å². The molecule has 122 valence electrons. The van der Waals surface area contributed by atoms with E-state index in [0.29, 0.717) is 18.4 Å². The molecule has 0 saturated carbocycles. The Hall–Kier alpha value is -0.770. The van der Waals surface area contributed by atoms with E-state index in [-0.39, 0.29) is 6.10 Å². The lowest BCUT2D eigenvalue weighted by Crippen LogP contribution is -2.42. The Morgan fingerprint density at radius 3 is 2.62 bits per heavy atom. The van der Waals surface area contributed by atoms with Gasteiger partial charge in [-0.3, -0.25) is 4.90 Å². The molecule has 2 aliphatic heterocycles. The average Bonchev–Trinajstić information content (AvgIpc) is 2.53. The minimum absolute atomic E-state index is 0.154. The third kappa shape index (κ3) is 5.17. The molecule has 3 atom stereocenters. The van der Waals surface area contributed by atoms with Crippen molar-refractivity contribution in [2.45, 2.75) is 65.4 Å². The Labute approximate surface area is 129 Å². The van der Waals surface area contributed by atoms with E-state index in [4.69, 9.17) is 9.57 Å². The van der Waals surface area contributed by atoms with Crippen LogP contribution in [0.4, 0.5) is 0 Å². The molecule has 0 aliphatic carbocycles. The summed E-state index contributed by atoms with van der Waals surface area (Å²) in [6.07, 6.45) is 7.59. The number of hydrogen-bond acceptors (Lipinski definition) is 4. The van der Waals surface area contributed by atoms with Crippen LogP contribution in [0, 0.1) is 11.8 Å². The van der Waals surface area contributed by atoms with Gasteiger partial charge in [0, 0.05) is 12.5 Å². The van der Waals surface area contributed by atoms with Crippen molar-refractivity contribution >= 4 is 5.90 Å². The number of nitrogens with zero attached hydrogens (tertiary/aromatic N) is 2. The molecular formula is C17H32N2O2. The number of likely N-dealkylation sites (tertiary alicyclic amines) is 1. The van der Waals surface area contributed by atoms with Gasteiger partial charge in [-0.1, -0.05) is 38.8 Å². The summed E-state index contributed by atoms with van der Waals surface area (Å²) in [5, 5.41) is 4.21. The molecule has 0 aromatic heterocycles. The highest BCUT2D eigenvalue weighted by Crippen LogP contribution is 2.23. The molecule has 0 bridgehead atoms. The maximum Gasteiger partial charge on any atom is 0.229 e. The minimum Gasteiger partial charge on any atom is -0.470 e. The van der Waals surface area contributed by atoms with Gasteiger partial charge in [0.1, 0.15) is 6.10 Å². The van der Waals surface area contributed by atoms with E-state index in [1.54, 1.807) is 0 Å². The molecule has 4 nitrogen and oxygen atoms in total. The van der Waals surface area contributed by atoms with Gasteiger partial charge in [0.2, 0.25) is 5.90 Å². The Balaban J connectivity index is 1.84. The smallest absolute Gasteiger partial charge is 0.229 e. The molecule has 2 aliphatic rings. The SMILES string of the molecule is CCC(C)CC(CC)C1=NOCC(CN2CCCCC2)O1. The lowest BCUT2D eigenvalue weighted by atomic mass is 9.92. The fourth-order valence-corrected chi connectivity index (χ4v) is 3.20. The first-order valence-electron chi connectivity index (χ1n) is 8.81. The van der Waals surface area contributed by atoms with E-state index < -0.39 is 0 Å². The lowest BCUT2D eigenvalue weighted by Gasteiger charge is -2.33. The summed E-state index contributed by atoms with van der Waals surface area (Å²) < 4.78 is 6.17. The van der Waals surface area contributed by atoms with Crippen molar-refractivity contribution in [3.05, 3.63) is 0 Å². The third-order valence-electron chi connectivity index (χ3n) is 4.84. The van der Waals surface area contributed by atoms with Gasteiger partial charge < -0.3 is 9.57 Å². The lowest BCUT2D eigenvalue weighted by molar-refractivity contribution is -0.0162. The zero-order valence-electron chi connectivity index (χ0n) is 14.0. The molecule has 1 saturated heterocycles. The highest BCUT2D eigenvalue weighted by atomic mass is 16.7. The Kier molecular flexibility index (Phi) is 6.81. The molecule has 21 heavy (non-hydrogen) atoms. The van der Waals surface area contributed by atoms with Crippen LogP contribution in [0.2, 0.25) is 0 Å². The predicted molar refractivity (Wildman–Crippen MR) is 86.4 cm³/mol. The van der Waals surface area contributed by atoms with Crippen molar-refractivity contribution in [1.82, 2.24) is 4.90 Å². The van der Waals surface area contributed by atoms with Crippen molar-refractivity contribution in [2.24, 2.45) is 17.0 Å². The Morgan fingerprint density at radius 1 is 1.19 bits per heavy atom. The van der Waals surface area contributed by atoms with Crippen LogP contribution in [0.1, 0.15) is 59.3 Å². The van der Waals surface area contributed by atoms with Crippen LogP contribution in [0.5, 0.6) is 0 Å². The van der Waals surface area contributed by atoms with Crippen LogP contribution in [0.25, 0.3) is 0 Å². The van der Waals surface area contributed by atoms with E-state index in [2.05, 4.69) is 30.8 Å². The number of hydrogen-bond donors (Lipinski definition) is 0. The topological polar surface area (TPSA) is 34.1 Å². The summed E-state index contributed by atoms with van der Waals surface area (Å²) in [5.41, 5.74) is 0. The molecular weight excluding hydrogens is 264 g/mol. The molecule has 0 radical (unpaired) electrons. The largest absolute Gasteiger partial charge is 0.470 e. The summed E-state index contributed by atoms with van der Waals surface area (Å²) in [7, 11) is 0. The molecule has 4 heteroatoms. The normalized spacial score (nSPS) is 26.4. The minimum atomic E-state index is 0.154. The number of ether oxygens (including phenoxy) is 1. The van der Waals surface area contributed by atoms with E-state index in [1.807, 2.05) is 0 Å². The number of piperidine rings is 1. The molecule has 2 rings (SSSR count). The Morgan fingerprint density at radius 2 is 1.95 bits per heavy atom. The highest BCUT2D eigenvalue weighted by Gasteiger charge is 2.28. The van der Waals surface area contributed by atoms with Crippen LogP contribution < -0.4 is 0 Å². The molecule has 0 amide bonds. The first-order valence-corrected chi connectivity index (χ1v) is 8.81. The molecule has 0 aromatic rings. The van der Waals surface area contributed by atoms with E-state index in [1.165, 1.54) is 38.8 Å². The molecule has 0 spiro atoms. The van der Waals surface area contributed by atoms with E-state index in [9.17, 15) is 0 Å². The monoisotopic (exact) mass is 296 g/mol. The van der Waals surface area contributed by atoms with Gasteiger partial charge in [0.05, 0.1) is 0 Å². The fraction of sp³-hybridized carbons (Fsp3) is 0.941. The fourth-order valence-electron chi connectivity index (χ4n) is 3.20. The Bertz CT molecular complexity index is 327.